The van der Waals surface area contributed by atoms with Gasteiger partial charge in [-0.05, 0) is 42.0 Å². The van der Waals surface area contributed by atoms with E-state index in [9.17, 15) is 9.59 Å². The second kappa shape index (κ2) is 8.67. The van der Waals surface area contributed by atoms with E-state index < -0.39 is 0 Å². The lowest BCUT2D eigenvalue weighted by atomic mass is 10.1. The predicted octanol–water partition coefficient (Wildman–Crippen LogP) is 4.51. The highest BCUT2D eigenvalue weighted by molar-refractivity contribution is 6.30. The van der Waals surface area contributed by atoms with Crippen LogP contribution in [0.2, 0.25) is 5.02 Å². The van der Waals surface area contributed by atoms with Crippen molar-refractivity contribution in [3.63, 3.8) is 0 Å². The van der Waals surface area contributed by atoms with Crippen LogP contribution in [0.15, 0.2) is 77.5 Å². The molecule has 2 amide bonds. The Morgan fingerprint density at radius 1 is 1.03 bits per heavy atom. The number of nitrogens with zero attached hydrogens (tertiary/aromatic N) is 1. The lowest BCUT2D eigenvalue weighted by Crippen LogP contribution is -2.23. The van der Waals surface area contributed by atoms with Crippen molar-refractivity contribution < 1.29 is 14.0 Å². The first-order valence-corrected chi connectivity index (χ1v) is 9.49. The van der Waals surface area contributed by atoms with Crippen molar-refractivity contribution in [3.8, 4) is 11.3 Å². The fourth-order valence-electron chi connectivity index (χ4n) is 2.93. The molecule has 0 atom stereocenters. The van der Waals surface area contributed by atoms with Crippen LogP contribution in [0.5, 0.6) is 0 Å². The summed E-state index contributed by atoms with van der Waals surface area (Å²) in [6.07, 6.45) is 2.92. The van der Waals surface area contributed by atoms with E-state index in [-0.39, 0.29) is 24.1 Å². The van der Waals surface area contributed by atoms with Crippen LogP contribution in [0.3, 0.4) is 0 Å². The Morgan fingerprint density at radius 3 is 2.63 bits per heavy atom. The molecule has 3 N–H and O–H groups in total. The number of carbonyl (C=O) groups excluding carboxylic acids is 2. The van der Waals surface area contributed by atoms with Crippen molar-refractivity contribution in [3.05, 3.63) is 95.0 Å². The number of furan rings is 1. The highest BCUT2D eigenvalue weighted by atomic mass is 35.5. The van der Waals surface area contributed by atoms with Crippen LogP contribution in [-0.2, 0) is 6.54 Å². The van der Waals surface area contributed by atoms with Crippen LogP contribution in [0.25, 0.3) is 11.3 Å². The molecule has 0 spiro atoms. The van der Waals surface area contributed by atoms with E-state index in [1.54, 1.807) is 42.5 Å². The number of rotatable bonds is 6. The Hall–Kier alpha value is -3.84. The summed E-state index contributed by atoms with van der Waals surface area (Å²) in [6, 6.07) is 17.6. The lowest BCUT2D eigenvalue weighted by Gasteiger charge is -2.09. The molecule has 4 rings (SSSR count). The average molecular weight is 421 g/mol. The normalized spacial score (nSPS) is 10.6. The minimum Gasteiger partial charge on any atom is -0.459 e. The molecule has 2 aromatic carbocycles. The molecule has 0 saturated heterocycles. The zero-order valence-corrected chi connectivity index (χ0v) is 16.4. The second-order valence-corrected chi connectivity index (χ2v) is 6.92. The Bertz CT molecular complexity index is 1170. The second-order valence-electron chi connectivity index (χ2n) is 6.48. The molecule has 2 heterocycles. The van der Waals surface area contributed by atoms with Crippen molar-refractivity contribution in [1.82, 2.24) is 15.5 Å². The monoisotopic (exact) mass is 420 g/mol. The first-order chi connectivity index (χ1) is 14.6. The molecule has 150 valence electrons. The first kappa shape index (κ1) is 19.5. The molecule has 4 aromatic rings. The number of hydrogen-bond acceptors (Lipinski definition) is 4. The molecular formula is C22H17ClN4O3. The molecule has 8 heteroatoms. The Morgan fingerprint density at radius 2 is 1.87 bits per heavy atom. The van der Waals surface area contributed by atoms with E-state index in [1.165, 1.54) is 12.5 Å². The maximum absolute atomic E-state index is 12.7. The number of H-pyrrole nitrogens is 1. The standard InChI is InChI=1S/C22H17ClN4O3/c23-16-8-6-15(7-9-16)20-18(13-25-27-20)21(28)24-12-14-3-1-4-17(11-14)26-22(29)19-5-2-10-30-19/h1-11,13H,12H2,(H,24,28)(H,25,27)(H,26,29). The average Bonchev–Trinajstić information content (AvgIpc) is 3.45. The highest BCUT2D eigenvalue weighted by Gasteiger charge is 2.15. The fraction of sp³-hybridized carbons (Fsp3) is 0.0455. The molecule has 0 bridgehead atoms. The van der Waals surface area contributed by atoms with Crippen LogP contribution >= 0.6 is 11.6 Å². The topological polar surface area (TPSA) is 100 Å². The van der Waals surface area contributed by atoms with Crippen molar-refractivity contribution >= 4 is 29.1 Å². The van der Waals surface area contributed by atoms with Crippen LogP contribution in [0.4, 0.5) is 5.69 Å². The summed E-state index contributed by atoms with van der Waals surface area (Å²) < 4.78 is 5.09. The Labute approximate surface area is 177 Å². The third kappa shape index (κ3) is 4.42. The molecule has 0 fully saturated rings. The van der Waals surface area contributed by atoms with Gasteiger partial charge in [-0.3, -0.25) is 14.7 Å². The number of carbonyl (C=O) groups is 2. The van der Waals surface area contributed by atoms with Crippen molar-refractivity contribution in [2.24, 2.45) is 0 Å². The van der Waals surface area contributed by atoms with Crippen molar-refractivity contribution in [1.29, 1.82) is 0 Å². The molecule has 30 heavy (non-hydrogen) atoms. The van der Waals surface area contributed by atoms with Gasteiger partial charge in [0.15, 0.2) is 5.76 Å². The number of halogens is 1. The minimum absolute atomic E-state index is 0.225. The first-order valence-electron chi connectivity index (χ1n) is 9.11. The number of aromatic amines is 1. The Kier molecular flexibility index (Phi) is 5.63. The molecule has 0 aliphatic carbocycles. The van der Waals surface area contributed by atoms with E-state index in [0.29, 0.717) is 22.0 Å². The van der Waals surface area contributed by atoms with Gasteiger partial charge in [-0.25, -0.2) is 0 Å². The van der Waals surface area contributed by atoms with Gasteiger partial charge in [0.05, 0.1) is 23.7 Å². The lowest BCUT2D eigenvalue weighted by molar-refractivity contribution is 0.0950. The van der Waals surface area contributed by atoms with Gasteiger partial charge in [-0.2, -0.15) is 5.10 Å². The number of nitrogens with one attached hydrogen (secondary N) is 3. The largest absolute Gasteiger partial charge is 0.459 e. The van der Waals surface area contributed by atoms with Crippen LogP contribution in [0.1, 0.15) is 26.5 Å². The molecule has 0 aliphatic rings. The summed E-state index contributed by atoms with van der Waals surface area (Å²) in [6.45, 7) is 0.286. The number of amides is 2. The van der Waals surface area contributed by atoms with Crippen LogP contribution < -0.4 is 10.6 Å². The van der Waals surface area contributed by atoms with E-state index >= 15 is 0 Å². The van der Waals surface area contributed by atoms with Gasteiger partial charge in [-0.15, -0.1) is 0 Å². The molecule has 0 unspecified atom stereocenters. The van der Waals surface area contributed by atoms with E-state index in [1.807, 2.05) is 18.2 Å². The number of hydrogen-bond donors (Lipinski definition) is 3. The van der Waals surface area contributed by atoms with Gasteiger partial charge in [0.25, 0.3) is 11.8 Å². The maximum atomic E-state index is 12.7. The van der Waals surface area contributed by atoms with Crippen molar-refractivity contribution in [2.45, 2.75) is 6.54 Å². The number of aromatic nitrogens is 2. The molecule has 2 aromatic heterocycles. The van der Waals surface area contributed by atoms with Crippen LogP contribution in [0, 0.1) is 0 Å². The fourth-order valence-corrected chi connectivity index (χ4v) is 3.06. The summed E-state index contributed by atoms with van der Waals surface area (Å²) in [4.78, 5) is 24.8. The van der Waals surface area contributed by atoms with Crippen molar-refractivity contribution in [2.75, 3.05) is 5.32 Å². The SMILES string of the molecule is O=C(Nc1cccc(CNC(=O)c2cn[nH]c2-c2ccc(Cl)cc2)c1)c1ccco1. The third-order valence-corrected chi connectivity index (χ3v) is 4.65. The third-order valence-electron chi connectivity index (χ3n) is 4.40. The van der Waals surface area contributed by atoms with Gasteiger partial charge in [-0.1, -0.05) is 35.9 Å². The smallest absolute Gasteiger partial charge is 0.291 e. The van der Waals surface area contributed by atoms with E-state index in [0.717, 1.165) is 11.1 Å². The predicted molar refractivity (Wildman–Crippen MR) is 113 cm³/mol. The Balaban J connectivity index is 1.42. The zero-order chi connectivity index (χ0) is 20.9. The van der Waals surface area contributed by atoms with Gasteiger partial charge < -0.3 is 15.1 Å². The van der Waals surface area contributed by atoms with E-state index in [2.05, 4.69) is 20.8 Å². The number of anilines is 1. The van der Waals surface area contributed by atoms with E-state index in [4.69, 9.17) is 16.0 Å². The molecule has 0 radical (unpaired) electrons. The van der Waals surface area contributed by atoms with Gasteiger partial charge in [0, 0.05) is 22.8 Å². The molecule has 7 nitrogen and oxygen atoms in total. The molecule has 0 saturated carbocycles. The van der Waals surface area contributed by atoms with Gasteiger partial charge in [0.1, 0.15) is 0 Å². The quantitative estimate of drug-likeness (QED) is 0.427. The summed E-state index contributed by atoms with van der Waals surface area (Å²) >= 11 is 5.93. The van der Waals surface area contributed by atoms with Gasteiger partial charge in [0.2, 0.25) is 0 Å². The maximum Gasteiger partial charge on any atom is 0.291 e. The minimum atomic E-state index is -0.341. The summed E-state index contributed by atoms with van der Waals surface area (Å²) in [5, 5.41) is 13.1. The molecular weight excluding hydrogens is 404 g/mol. The molecule has 0 aliphatic heterocycles. The highest BCUT2D eigenvalue weighted by Crippen LogP contribution is 2.23. The summed E-state index contributed by atoms with van der Waals surface area (Å²) in [7, 11) is 0. The summed E-state index contributed by atoms with van der Waals surface area (Å²) in [5.41, 5.74) is 3.29. The zero-order valence-electron chi connectivity index (χ0n) is 15.7. The van der Waals surface area contributed by atoms with Crippen LogP contribution in [-0.4, -0.2) is 22.0 Å². The van der Waals surface area contributed by atoms with Gasteiger partial charge >= 0.3 is 0 Å². The number of benzene rings is 2. The summed E-state index contributed by atoms with van der Waals surface area (Å²) in [5.74, 6) is -0.380.